The van der Waals surface area contributed by atoms with Crippen LogP contribution in [0.3, 0.4) is 0 Å². The van der Waals surface area contributed by atoms with E-state index in [4.69, 9.17) is 10.5 Å². The van der Waals surface area contributed by atoms with Gasteiger partial charge in [-0.1, -0.05) is 42.5 Å². The highest BCUT2D eigenvalue weighted by molar-refractivity contribution is 5.75. The van der Waals surface area contributed by atoms with Gasteiger partial charge in [0.25, 0.3) is 0 Å². The van der Waals surface area contributed by atoms with Gasteiger partial charge in [-0.3, -0.25) is 4.79 Å². The normalized spacial score (nSPS) is 11.7. The van der Waals surface area contributed by atoms with E-state index < -0.39 is 0 Å². The number of benzene rings is 2. The molecule has 0 radical (unpaired) electrons. The number of aryl methyl sites for hydroxylation is 1. The molecule has 0 bridgehead atoms. The van der Waals surface area contributed by atoms with Crippen LogP contribution in [0, 0.1) is 6.92 Å². The number of nitrogens with two attached hydrogens (primary N) is 1. The van der Waals surface area contributed by atoms with Crippen LogP contribution in [-0.2, 0) is 4.79 Å². The van der Waals surface area contributed by atoms with Gasteiger partial charge in [0.15, 0.2) is 0 Å². The average Bonchev–Trinajstić information content (AvgIpc) is 2.57. The van der Waals surface area contributed by atoms with Gasteiger partial charge in [-0.2, -0.15) is 0 Å². The molecule has 2 rings (SSSR count). The smallest absolute Gasteiger partial charge is 0.220 e. The zero-order valence-corrected chi connectivity index (χ0v) is 13.5. The summed E-state index contributed by atoms with van der Waals surface area (Å²) in [6, 6.07) is 17.5. The predicted octanol–water partition coefficient (Wildman–Crippen LogP) is 2.97. The molecular formula is C19H24N2O2. The van der Waals surface area contributed by atoms with Gasteiger partial charge in [0.2, 0.25) is 5.91 Å². The highest BCUT2D eigenvalue weighted by Crippen LogP contribution is 2.12. The fourth-order valence-corrected chi connectivity index (χ4v) is 2.26. The molecule has 0 spiro atoms. The van der Waals surface area contributed by atoms with Gasteiger partial charge < -0.3 is 15.8 Å². The van der Waals surface area contributed by atoms with Gasteiger partial charge in [0, 0.05) is 19.0 Å². The molecule has 1 atom stereocenters. The second-order valence-corrected chi connectivity index (χ2v) is 5.59. The Kier molecular flexibility index (Phi) is 6.63. The molecule has 1 unspecified atom stereocenters. The summed E-state index contributed by atoms with van der Waals surface area (Å²) in [7, 11) is 0. The number of carbonyl (C=O) groups is 1. The third kappa shape index (κ3) is 6.12. The van der Waals surface area contributed by atoms with E-state index in [0.29, 0.717) is 26.0 Å². The molecule has 0 aliphatic heterocycles. The molecule has 0 aliphatic carbocycles. The molecule has 0 saturated heterocycles. The van der Waals surface area contributed by atoms with Crippen molar-refractivity contribution in [2.45, 2.75) is 25.8 Å². The molecule has 0 fully saturated rings. The first kappa shape index (κ1) is 17.0. The Morgan fingerprint density at radius 2 is 1.96 bits per heavy atom. The van der Waals surface area contributed by atoms with E-state index in [1.165, 1.54) is 0 Å². The molecule has 2 aromatic carbocycles. The molecular weight excluding hydrogens is 288 g/mol. The molecule has 3 N–H and O–H groups in total. The Balaban J connectivity index is 1.62. The molecule has 122 valence electrons. The number of nitrogens with one attached hydrogen (secondary N) is 1. The average molecular weight is 312 g/mol. The Morgan fingerprint density at radius 1 is 1.17 bits per heavy atom. The topological polar surface area (TPSA) is 64.3 Å². The van der Waals surface area contributed by atoms with E-state index >= 15 is 0 Å². The van der Waals surface area contributed by atoms with Gasteiger partial charge in [0.1, 0.15) is 5.75 Å². The van der Waals surface area contributed by atoms with E-state index in [2.05, 4.69) is 5.32 Å². The van der Waals surface area contributed by atoms with Crippen LogP contribution in [0.4, 0.5) is 0 Å². The van der Waals surface area contributed by atoms with Crippen molar-refractivity contribution in [3.05, 3.63) is 65.7 Å². The van der Waals surface area contributed by atoms with Crippen LogP contribution in [0.15, 0.2) is 54.6 Å². The maximum atomic E-state index is 11.8. The quantitative estimate of drug-likeness (QED) is 0.737. The number of rotatable bonds is 8. The second kappa shape index (κ2) is 8.96. The summed E-state index contributed by atoms with van der Waals surface area (Å²) >= 11 is 0. The van der Waals surface area contributed by atoms with E-state index in [1.807, 2.05) is 61.5 Å². The maximum absolute atomic E-state index is 11.8. The molecule has 0 heterocycles. The summed E-state index contributed by atoms with van der Waals surface area (Å²) < 4.78 is 5.63. The van der Waals surface area contributed by atoms with Crippen molar-refractivity contribution in [1.82, 2.24) is 5.32 Å². The Bertz CT molecular complexity index is 614. The van der Waals surface area contributed by atoms with Crippen molar-refractivity contribution in [1.29, 1.82) is 0 Å². The minimum Gasteiger partial charge on any atom is -0.494 e. The van der Waals surface area contributed by atoms with Crippen molar-refractivity contribution >= 4 is 5.91 Å². The summed E-state index contributed by atoms with van der Waals surface area (Å²) in [5.74, 6) is 0.848. The van der Waals surface area contributed by atoms with Gasteiger partial charge in [-0.05, 0) is 36.6 Å². The third-order valence-electron chi connectivity index (χ3n) is 3.55. The number of amides is 1. The molecule has 4 nitrogen and oxygen atoms in total. The van der Waals surface area contributed by atoms with Gasteiger partial charge in [0.05, 0.1) is 6.61 Å². The predicted molar refractivity (Wildman–Crippen MR) is 92.3 cm³/mol. The lowest BCUT2D eigenvalue weighted by molar-refractivity contribution is -0.121. The fraction of sp³-hybridized carbons (Fsp3) is 0.316. The molecule has 0 saturated carbocycles. The number of ether oxygens (including phenoxy) is 1. The Labute approximate surface area is 137 Å². The van der Waals surface area contributed by atoms with E-state index in [0.717, 1.165) is 16.9 Å². The lowest BCUT2D eigenvalue weighted by Gasteiger charge is -2.13. The standard InChI is InChI=1S/C19H24N2O2/c1-15-7-5-10-17(13-15)23-12-6-11-19(22)21-14-18(20)16-8-3-2-4-9-16/h2-5,7-10,13,18H,6,11-12,14,20H2,1H3,(H,21,22). The fourth-order valence-electron chi connectivity index (χ4n) is 2.26. The van der Waals surface area contributed by atoms with Gasteiger partial charge in [-0.25, -0.2) is 0 Å². The van der Waals surface area contributed by atoms with Crippen molar-refractivity contribution < 1.29 is 9.53 Å². The number of hydrogen-bond donors (Lipinski definition) is 2. The third-order valence-corrected chi connectivity index (χ3v) is 3.55. The second-order valence-electron chi connectivity index (χ2n) is 5.59. The maximum Gasteiger partial charge on any atom is 0.220 e. The largest absolute Gasteiger partial charge is 0.494 e. The number of carbonyl (C=O) groups excluding carboxylic acids is 1. The zero-order valence-electron chi connectivity index (χ0n) is 13.5. The summed E-state index contributed by atoms with van der Waals surface area (Å²) in [5.41, 5.74) is 8.23. The minimum atomic E-state index is -0.177. The molecule has 0 aliphatic rings. The van der Waals surface area contributed by atoms with E-state index in [-0.39, 0.29) is 11.9 Å². The first-order valence-corrected chi connectivity index (χ1v) is 7.92. The zero-order chi connectivity index (χ0) is 16.5. The van der Waals surface area contributed by atoms with Crippen molar-refractivity contribution in [2.24, 2.45) is 5.73 Å². The van der Waals surface area contributed by atoms with Crippen LogP contribution in [-0.4, -0.2) is 19.1 Å². The summed E-state index contributed by atoms with van der Waals surface area (Å²) in [6.45, 7) is 3.00. The number of hydrogen-bond acceptors (Lipinski definition) is 3. The molecule has 1 amide bonds. The van der Waals surface area contributed by atoms with Crippen molar-refractivity contribution in [3.63, 3.8) is 0 Å². The van der Waals surface area contributed by atoms with Crippen LogP contribution in [0.25, 0.3) is 0 Å². The summed E-state index contributed by atoms with van der Waals surface area (Å²) in [5, 5.41) is 2.87. The lowest BCUT2D eigenvalue weighted by atomic mass is 10.1. The summed E-state index contributed by atoms with van der Waals surface area (Å²) in [4.78, 5) is 11.8. The minimum absolute atomic E-state index is 0.00391. The van der Waals surface area contributed by atoms with Crippen LogP contribution in [0.5, 0.6) is 5.75 Å². The Hall–Kier alpha value is -2.33. The van der Waals surface area contributed by atoms with Crippen LogP contribution in [0.2, 0.25) is 0 Å². The van der Waals surface area contributed by atoms with Crippen LogP contribution < -0.4 is 15.8 Å². The highest BCUT2D eigenvalue weighted by Gasteiger charge is 2.07. The van der Waals surface area contributed by atoms with Crippen molar-refractivity contribution in [3.8, 4) is 5.75 Å². The SMILES string of the molecule is Cc1cccc(OCCCC(=O)NCC(N)c2ccccc2)c1. The summed E-state index contributed by atoms with van der Waals surface area (Å²) in [6.07, 6.45) is 1.12. The van der Waals surface area contributed by atoms with Gasteiger partial charge in [-0.15, -0.1) is 0 Å². The van der Waals surface area contributed by atoms with Crippen molar-refractivity contribution in [2.75, 3.05) is 13.2 Å². The van der Waals surface area contributed by atoms with Crippen LogP contribution in [0.1, 0.15) is 30.0 Å². The van der Waals surface area contributed by atoms with Gasteiger partial charge >= 0.3 is 0 Å². The van der Waals surface area contributed by atoms with Crippen LogP contribution >= 0.6 is 0 Å². The molecule has 0 aromatic heterocycles. The first-order valence-electron chi connectivity index (χ1n) is 7.92. The first-order chi connectivity index (χ1) is 11.1. The lowest BCUT2D eigenvalue weighted by Crippen LogP contribution is -2.31. The molecule has 4 heteroatoms. The van der Waals surface area contributed by atoms with E-state index in [1.54, 1.807) is 0 Å². The highest BCUT2D eigenvalue weighted by atomic mass is 16.5. The monoisotopic (exact) mass is 312 g/mol. The molecule has 23 heavy (non-hydrogen) atoms. The Morgan fingerprint density at radius 3 is 2.70 bits per heavy atom. The molecule has 2 aromatic rings. The van der Waals surface area contributed by atoms with E-state index in [9.17, 15) is 4.79 Å².